The summed E-state index contributed by atoms with van der Waals surface area (Å²) in [6.07, 6.45) is 4.10. The Morgan fingerprint density at radius 3 is 2.55 bits per heavy atom. The van der Waals surface area contributed by atoms with Gasteiger partial charge in [0.2, 0.25) is 0 Å². The van der Waals surface area contributed by atoms with Crippen LogP contribution in [-0.2, 0) is 11.3 Å². The van der Waals surface area contributed by atoms with E-state index in [0.29, 0.717) is 17.6 Å². The zero-order chi connectivity index (χ0) is 23.1. The molecule has 0 unspecified atom stereocenters. The first-order valence-corrected chi connectivity index (χ1v) is 10.8. The molecule has 1 aromatic rings. The number of amidine groups is 2. The van der Waals surface area contributed by atoms with Gasteiger partial charge in [0.25, 0.3) is 0 Å². The maximum atomic E-state index is 9.61. The second-order valence-electron chi connectivity index (χ2n) is 8.32. The Morgan fingerprint density at radius 2 is 1.90 bits per heavy atom. The standard InChI is InChI=1S/C26H37N3O2/c1-17(9-10-18(2)25-13-19(3)21(5)26(14-25)15-30)22(6)27-23(7)28-24(8)29-11-12-31-16-20(29)4/h9-10,13-14,20,30H,6,11-12,15-16H2,1-5,7-8H3/b17-9-,18-10+,27-23?,28-24?/t20-/m0/s1. The highest BCUT2D eigenvalue weighted by atomic mass is 16.5. The quantitative estimate of drug-likeness (QED) is 0.401. The molecule has 168 valence electrons. The van der Waals surface area contributed by atoms with Crippen molar-refractivity contribution in [3.05, 3.63) is 64.4 Å². The summed E-state index contributed by atoms with van der Waals surface area (Å²) in [5, 5.41) is 9.61. The SMILES string of the molecule is C=C(N=C(C)N=C(C)N1CCOC[C@@H]1C)/C(C)=C\C=C(/C)c1cc(C)c(C)c(CO)c1. The third-order valence-corrected chi connectivity index (χ3v) is 5.84. The molecule has 1 aromatic carbocycles. The van der Waals surface area contributed by atoms with E-state index < -0.39 is 0 Å². The van der Waals surface area contributed by atoms with Crippen molar-refractivity contribution in [2.45, 2.75) is 61.1 Å². The molecular weight excluding hydrogens is 386 g/mol. The van der Waals surface area contributed by atoms with Gasteiger partial charge in [-0.2, -0.15) is 0 Å². The van der Waals surface area contributed by atoms with Crippen LogP contribution >= 0.6 is 0 Å². The molecule has 1 aliphatic heterocycles. The lowest BCUT2D eigenvalue weighted by Gasteiger charge is -2.34. The molecular formula is C26H37N3O2. The van der Waals surface area contributed by atoms with E-state index in [-0.39, 0.29) is 6.61 Å². The zero-order valence-corrected chi connectivity index (χ0v) is 20.1. The number of ether oxygens (including phenoxy) is 1. The molecule has 0 radical (unpaired) electrons. The van der Waals surface area contributed by atoms with Gasteiger partial charge < -0.3 is 14.7 Å². The predicted octanol–water partition coefficient (Wildman–Crippen LogP) is 5.22. The van der Waals surface area contributed by atoms with E-state index in [9.17, 15) is 5.11 Å². The highest BCUT2D eigenvalue weighted by Crippen LogP contribution is 2.22. The molecule has 5 nitrogen and oxygen atoms in total. The van der Waals surface area contributed by atoms with Crippen LogP contribution in [0.1, 0.15) is 56.9 Å². The first-order chi connectivity index (χ1) is 14.6. The third kappa shape index (κ3) is 6.74. The van der Waals surface area contributed by atoms with Crippen LogP contribution < -0.4 is 0 Å². The fraction of sp³-hybridized carbons (Fsp3) is 0.462. The Labute approximate surface area is 187 Å². The number of nitrogens with zero attached hydrogens (tertiary/aromatic N) is 3. The average molecular weight is 424 g/mol. The Morgan fingerprint density at radius 1 is 1.19 bits per heavy atom. The van der Waals surface area contributed by atoms with Gasteiger partial charge in [0.05, 0.1) is 31.6 Å². The smallest absolute Gasteiger partial charge is 0.127 e. The van der Waals surface area contributed by atoms with Crippen LogP contribution in [0.3, 0.4) is 0 Å². The van der Waals surface area contributed by atoms with Gasteiger partial charge in [0, 0.05) is 6.54 Å². The Bertz CT molecular complexity index is 938. The van der Waals surface area contributed by atoms with Crippen LogP contribution in [0.2, 0.25) is 0 Å². The van der Waals surface area contributed by atoms with Gasteiger partial charge >= 0.3 is 0 Å². The summed E-state index contributed by atoms with van der Waals surface area (Å²) >= 11 is 0. The summed E-state index contributed by atoms with van der Waals surface area (Å²) < 4.78 is 5.50. The van der Waals surface area contributed by atoms with Gasteiger partial charge in [-0.15, -0.1) is 0 Å². The van der Waals surface area contributed by atoms with Crippen molar-refractivity contribution in [3.8, 4) is 0 Å². The summed E-state index contributed by atoms with van der Waals surface area (Å²) in [6, 6.07) is 4.53. The minimum atomic E-state index is 0.0522. The van der Waals surface area contributed by atoms with Gasteiger partial charge in [0.15, 0.2) is 0 Å². The molecule has 1 saturated heterocycles. The van der Waals surface area contributed by atoms with Crippen LogP contribution in [0, 0.1) is 13.8 Å². The van der Waals surface area contributed by atoms with Crippen molar-refractivity contribution in [3.63, 3.8) is 0 Å². The molecule has 2 rings (SSSR count). The highest BCUT2D eigenvalue weighted by molar-refractivity contribution is 5.95. The van der Waals surface area contributed by atoms with Gasteiger partial charge in [-0.05, 0) is 87.9 Å². The van der Waals surface area contributed by atoms with Gasteiger partial charge in [0.1, 0.15) is 11.7 Å². The number of benzene rings is 1. The minimum absolute atomic E-state index is 0.0522. The summed E-state index contributed by atoms with van der Waals surface area (Å²) in [5.41, 5.74) is 7.22. The number of aliphatic hydroxyl groups is 1. The van der Waals surface area contributed by atoms with Gasteiger partial charge in [-0.1, -0.05) is 24.8 Å². The molecule has 0 aromatic heterocycles. The van der Waals surface area contributed by atoms with E-state index in [1.54, 1.807) is 0 Å². The Kier molecular flexibility index (Phi) is 8.96. The zero-order valence-electron chi connectivity index (χ0n) is 20.1. The fourth-order valence-corrected chi connectivity index (χ4v) is 3.58. The van der Waals surface area contributed by atoms with Crippen molar-refractivity contribution in [1.29, 1.82) is 0 Å². The lowest BCUT2D eigenvalue weighted by atomic mass is 9.96. The van der Waals surface area contributed by atoms with Gasteiger partial charge in [-0.25, -0.2) is 9.98 Å². The number of aliphatic hydroxyl groups excluding tert-OH is 1. The number of allylic oxidation sites excluding steroid dienone is 4. The van der Waals surface area contributed by atoms with Crippen molar-refractivity contribution < 1.29 is 9.84 Å². The average Bonchev–Trinajstić information content (AvgIpc) is 2.73. The fourth-order valence-electron chi connectivity index (χ4n) is 3.58. The van der Waals surface area contributed by atoms with E-state index in [4.69, 9.17) is 4.74 Å². The summed E-state index contributed by atoms with van der Waals surface area (Å²) in [4.78, 5) is 11.5. The molecule has 0 spiro atoms. The molecule has 1 heterocycles. The van der Waals surface area contributed by atoms with E-state index >= 15 is 0 Å². The number of aryl methyl sites for hydroxylation is 1. The van der Waals surface area contributed by atoms with Crippen molar-refractivity contribution in [2.24, 2.45) is 9.98 Å². The lowest BCUT2D eigenvalue weighted by molar-refractivity contribution is 0.0330. The molecule has 31 heavy (non-hydrogen) atoms. The summed E-state index contributed by atoms with van der Waals surface area (Å²) in [5.74, 6) is 1.65. The number of rotatable bonds is 5. The maximum absolute atomic E-state index is 9.61. The van der Waals surface area contributed by atoms with Crippen LogP contribution in [0.15, 0.2) is 52.1 Å². The third-order valence-electron chi connectivity index (χ3n) is 5.84. The predicted molar refractivity (Wildman–Crippen MR) is 132 cm³/mol. The van der Waals surface area contributed by atoms with E-state index in [1.165, 1.54) is 5.56 Å². The maximum Gasteiger partial charge on any atom is 0.127 e. The Balaban J connectivity index is 2.14. The van der Waals surface area contributed by atoms with E-state index in [0.717, 1.165) is 53.4 Å². The molecule has 0 aliphatic carbocycles. The van der Waals surface area contributed by atoms with Crippen LogP contribution in [0.5, 0.6) is 0 Å². The monoisotopic (exact) mass is 423 g/mol. The molecule has 1 N–H and O–H groups in total. The second-order valence-corrected chi connectivity index (χ2v) is 8.32. The van der Waals surface area contributed by atoms with Crippen molar-refractivity contribution in [2.75, 3.05) is 19.8 Å². The largest absolute Gasteiger partial charge is 0.392 e. The second kappa shape index (κ2) is 11.2. The summed E-state index contributed by atoms with van der Waals surface area (Å²) in [6.45, 7) is 20.7. The molecule has 0 amide bonds. The molecule has 1 atom stereocenters. The highest BCUT2D eigenvalue weighted by Gasteiger charge is 2.19. The number of aliphatic imine (C=N–C) groups is 2. The number of morpholine rings is 1. The number of hydrogen-bond donors (Lipinski definition) is 1. The van der Waals surface area contributed by atoms with E-state index in [2.05, 4.69) is 60.4 Å². The Hall–Kier alpha value is -2.50. The first-order valence-electron chi connectivity index (χ1n) is 10.8. The lowest BCUT2D eigenvalue weighted by Crippen LogP contribution is -2.46. The van der Waals surface area contributed by atoms with Crippen LogP contribution in [-0.4, -0.2) is 47.5 Å². The summed E-state index contributed by atoms with van der Waals surface area (Å²) in [7, 11) is 0. The van der Waals surface area contributed by atoms with Crippen LogP contribution in [0.25, 0.3) is 5.57 Å². The van der Waals surface area contributed by atoms with E-state index in [1.807, 2.05) is 33.8 Å². The number of hydrogen-bond acceptors (Lipinski definition) is 3. The molecule has 5 heteroatoms. The molecule has 0 saturated carbocycles. The minimum Gasteiger partial charge on any atom is -0.392 e. The normalized spacial score (nSPS) is 19.1. The molecule has 1 aliphatic rings. The first kappa shape index (κ1) is 24.8. The van der Waals surface area contributed by atoms with Crippen LogP contribution in [0.4, 0.5) is 0 Å². The topological polar surface area (TPSA) is 57.4 Å². The molecule has 0 bridgehead atoms. The molecule has 1 fully saturated rings. The van der Waals surface area contributed by atoms with Crippen molar-refractivity contribution in [1.82, 2.24) is 4.90 Å². The van der Waals surface area contributed by atoms with Gasteiger partial charge in [-0.3, -0.25) is 0 Å². The van der Waals surface area contributed by atoms with Crippen molar-refractivity contribution >= 4 is 17.2 Å².